The highest BCUT2D eigenvalue weighted by Crippen LogP contribution is 2.23. The summed E-state index contributed by atoms with van der Waals surface area (Å²) < 4.78 is 1.05. The molecule has 3 aromatic rings. The molecular formula is C22H26N6OS. The van der Waals surface area contributed by atoms with E-state index in [4.69, 9.17) is 0 Å². The molecule has 0 spiro atoms. The second-order valence-corrected chi connectivity index (χ2v) is 9.12. The Kier molecular flexibility index (Phi) is 5.25. The van der Waals surface area contributed by atoms with Crippen molar-refractivity contribution in [3.8, 4) is 0 Å². The maximum atomic E-state index is 12.9. The zero-order chi connectivity index (χ0) is 20.5. The monoisotopic (exact) mass is 422 g/mol. The minimum Gasteiger partial charge on any atom is -0.355 e. The average molecular weight is 423 g/mol. The number of hydrogen-bond acceptors (Lipinski definition) is 7. The van der Waals surface area contributed by atoms with Crippen molar-refractivity contribution in [2.75, 3.05) is 49.1 Å². The minimum absolute atomic E-state index is 0.0886. The molecule has 0 N–H and O–H groups in total. The number of fused-ring (bicyclic) bond motifs is 1. The summed E-state index contributed by atoms with van der Waals surface area (Å²) in [6, 6.07) is 9.90. The number of carbonyl (C=O) groups excluding carboxylic acids is 1. The zero-order valence-corrected chi connectivity index (χ0v) is 18.0. The molecule has 0 saturated carbocycles. The number of benzene rings is 1. The summed E-state index contributed by atoms with van der Waals surface area (Å²) in [5.74, 6) is 2.75. The molecule has 2 aromatic heterocycles. The molecule has 0 aliphatic carbocycles. The Bertz CT molecular complexity index is 1020. The van der Waals surface area contributed by atoms with Crippen LogP contribution in [0.15, 0.2) is 35.8 Å². The number of carbonyl (C=O) groups is 1. The number of hydrogen-bond donors (Lipinski definition) is 0. The van der Waals surface area contributed by atoms with Crippen LogP contribution in [0.2, 0.25) is 0 Å². The van der Waals surface area contributed by atoms with E-state index in [1.807, 2.05) is 28.6 Å². The first-order valence-corrected chi connectivity index (χ1v) is 11.5. The second-order valence-electron chi connectivity index (χ2n) is 8.23. The van der Waals surface area contributed by atoms with Gasteiger partial charge in [0.25, 0.3) is 5.91 Å². The van der Waals surface area contributed by atoms with Gasteiger partial charge in [-0.2, -0.15) is 0 Å². The van der Waals surface area contributed by atoms with E-state index in [0.29, 0.717) is 13.1 Å². The minimum atomic E-state index is 0.0886. The number of rotatable bonds is 3. The maximum absolute atomic E-state index is 12.9. The first-order chi connectivity index (χ1) is 14.7. The summed E-state index contributed by atoms with van der Waals surface area (Å²) in [7, 11) is 0. The van der Waals surface area contributed by atoms with Crippen molar-refractivity contribution in [2.24, 2.45) is 5.92 Å². The van der Waals surface area contributed by atoms with E-state index < -0.39 is 0 Å². The Hall–Kier alpha value is -2.74. The van der Waals surface area contributed by atoms with Gasteiger partial charge in [0.05, 0.1) is 15.7 Å². The van der Waals surface area contributed by atoms with E-state index in [0.717, 1.165) is 59.5 Å². The standard InChI is InChI=1S/C22H26N6OS/c1-16-6-8-26(9-7-16)20-4-5-21(25-24-20)27-10-12-28(13-11-27)22(29)17-2-3-18-19(14-17)30-15-23-18/h2-5,14-16H,6-13H2,1H3. The van der Waals surface area contributed by atoms with E-state index >= 15 is 0 Å². The fourth-order valence-electron chi connectivity index (χ4n) is 4.20. The molecule has 7 nitrogen and oxygen atoms in total. The SMILES string of the molecule is CC1CCN(c2ccc(N3CCN(C(=O)c4ccc5ncsc5c4)CC3)nn2)CC1. The van der Waals surface area contributed by atoms with Crippen LogP contribution in [0, 0.1) is 5.92 Å². The van der Waals surface area contributed by atoms with E-state index in [1.54, 1.807) is 11.3 Å². The van der Waals surface area contributed by atoms with Crippen LogP contribution in [0.1, 0.15) is 30.1 Å². The Morgan fingerprint density at radius 2 is 1.60 bits per heavy atom. The van der Waals surface area contributed by atoms with Crippen LogP contribution in [-0.2, 0) is 0 Å². The molecule has 1 amide bonds. The lowest BCUT2D eigenvalue weighted by Crippen LogP contribution is -2.49. The molecule has 0 radical (unpaired) electrons. The summed E-state index contributed by atoms with van der Waals surface area (Å²) in [6.45, 7) is 7.34. The number of nitrogens with zero attached hydrogens (tertiary/aromatic N) is 6. The Morgan fingerprint density at radius 3 is 2.27 bits per heavy atom. The number of aromatic nitrogens is 3. The van der Waals surface area contributed by atoms with Crippen LogP contribution in [0.5, 0.6) is 0 Å². The summed E-state index contributed by atoms with van der Waals surface area (Å²) in [5, 5.41) is 8.96. The van der Waals surface area contributed by atoms with E-state index in [9.17, 15) is 4.79 Å². The van der Waals surface area contributed by atoms with Crippen LogP contribution in [0.25, 0.3) is 10.2 Å². The van der Waals surface area contributed by atoms with Crippen LogP contribution < -0.4 is 9.80 Å². The molecule has 4 heterocycles. The predicted molar refractivity (Wildman–Crippen MR) is 120 cm³/mol. The molecular weight excluding hydrogens is 396 g/mol. The summed E-state index contributed by atoms with van der Waals surface area (Å²) in [4.78, 5) is 23.7. The number of amides is 1. The van der Waals surface area contributed by atoms with Gasteiger partial charge >= 0.3 is 0 Å². The van der Waals surface area contributed by atoms with E-state index in [-0.39, 0.29) is 5.91 Å². The first-order valence-electron chi connectivity index (χ1n) is 10.6. The molecule has 30 heavy (non-hydrogen) atoms. The third kappa shape index (κ3) is 3.84. The number of anilines is 2. The van der Waals surface area contributed by atoms with Crippen LogP contribution in [0.4, 0.5) is 11.6 Å². The van der Waals surface area contributed by atoms with Crippen molar-refractivity contribution in [1.82, 2.24) is 20.1 Å². The molecule has 2 saturated heterocycles. The Balaban J connectivity index is 1.19. The van der Waals surface area contributed by atoms with E-state index in [1.165, 1.54) is 12.8 Å². The lowest BCUT2D eigenvalue weighted by molar-refractivity contribution is 0.0746. The Labute approximate surface area is 180 Å². The Morgan fingerprint density at radius 1 is 0.933 bits per heavy atom. The van der Waals surface area contributed by atoms with Gasteiger partial charge in [-0.1, -0.05) is 6.92 Å². The van der Waals surface area contributed by atoms with Gasteiger partial charge in [-0.25, -0.2) is 4.98 Å². The molecule has 0 bridgehead atoms. The average Bonchev–Trinajstić information content (AvgIpc) is 3.27. The van der Waals surface area contributed by atoms with Gasteiger partial charge in [-0.05, 0) is 49.1 Å². The smallest absolute Gasteiger partial charge is 0.254 e. The molecule has 0 unspecified atom stereocenters. The molecule has 2 aliphatic rings. The molecule has 1 aromatic carbocycles. The molecule has 156 valence electrons. The van der Waals surface area contributed by atoms with Crippen LogP contribution in [-0.4, -0.2) is 65.3 Å². The highest BCUT2D eigenvalue weighted by molar-refractivity contribution is 7.16. The van der Waals surface area contributed by atoms with Gasteiger partial charge in [0.2, 0.25) is 0 Å². The maximum Gasteiger partial charge on any atom is 0.254 e. The largest absolute Gasteiger partial charge is 0.355 e. The highest BCUT2D eigenvalue weighted by Gasteiger charge is 2.24. The summed E-state index contributed by atoms with van der Waals surface area (Å²) in [6.07, 6.45) is 2.44. The second kappa shape index (κ2) is 8.18. The zero-order valence-electron chi connectivity index (χ0n) is 17.2. The van der Waals surface area contributed by atoms with E-state index in [2.05, 4.69) is 44.0 Å². The van der Waals surface area contributed by atoms with Crippen LogP contribution in [0.3, 0.4) is 0 Å². The van der Waals surface area contributed by atoms with Gasteiger partial charge in [0.1, 0.15) is 0 Å². The van der Waals surface area contributed by atoms with Crippen molar-refractivity contribution >= 4 is 39.1 Å². The van der Waals surface area contributed by atoms with Crippen molar-refractivity contribution in [1.29, 1.82) is 0 Å². The van der Waals surface area contributed by atoms with Gasteiger partial charge in [-0.15, -0.1) is 21.5 Å². The number of thiazole rings is 1. The molecule has 8 heteroatoms. The lowest BCUT2D eigenvalue weighted by atomic mass is 9.99. The first kappa shape index (κ1) is 19.2. The summed E-state index contributed by atoms with van der Waals surface area (Å²) >= 11 is 1.57. The molecule has 5 rings (SSSR count). The fourth-order valence-corrected chi connectivity index (χ4v) is 4.92. The van der Waals surface area contributed by atoms with Crippen molar-refractivity contribution in [3.05, 3.63) is 41.4 Å². The fraction of sp³-hybridized carbons (Fsp3) is 0.455. The van der Waals surface area contributed by atoms with Crippen molar-refractivity contribution in [3.63, 3.8) is 0 Å². The molecule has 2 fully saturated rings. The normalized spacial score (nSPS) is 18.2. The topological polar surface area (TPSA) is 65.5 Å². The van der Waals surface area contributed by atoms with Gasteiger partial charge in [0.15, 0.2) is 11.6 Å². The van der Waals surface area contributed by atoms with Crippen LogP contribution >= 0.6 is 11.3 Å². The van der Waals surface area contributed by atoms with Gasteiger partial charge < -0.3 is 14.7 Å². The third-order valence-corrected chi connectivity index (χ3v) is 7.00. The third-order valence-electron chi connectivity index (χ3n) is 6.21. The van der Waals surface area contributed by atoms with Crippen molar-refractivity contribution < 1.29 is 4.79 Å². The molecule has 0 atom stereocenters. The molecule has 2 aliphatic heterocycles. The van der Waals surface area contributed by atoms with Gasteiger partial charge in [0, 0.05) is 44.8 Å². The van der Waals surface area contributed by atoms with Gasteiger partial charge in [-0.3, -0.25) is 4.79 Å². The predicted octanol–water partition coefficient (Wildman–Crippen LogP) is 3.29. The quantitative estimate of drug-likeness (QED) is 0.645. The summed E-state index contributed by atoms with van der Waals surface area (Å²) in [5.41, 5.74) is 3.50. The number of piperazine rings is 1. The van der Waals surface area contributed by atoms with Crippen molar-refractivity contribution in [2.45, 2.75) is 19.8 Å². The lowest BCUT2D eigenvalue weighted by Gasteiger charge is -2.35. The highest BCUT2D eigenvalue weighted by atomic mass is 32.1. The number of piperidine rings is 1.